The Bertz CT molecular complexity index is 899. The fraction of sp³-hybridized carbons (Fsp3) is 0.417. The highest BCUT2D eigenvalue weighted by Crippen LogP contribution is 2.45. The molecule has 5 heteroatoms. The van der Waals surface area contributed by atoms with E-state index in [0.29, 0.717) is 24.9 Å². The summed E-state index contributed by atoms with van der Waals surface area (Å²) in [4.78, 5) is 6.73. The minimum atomic E-state index is -0.321. The van der Waals surface area contributed by atoms with Crippen molar-refractivity contribution in [2.24, 2.45) is 0 Å². The number of hydrogen-bond acceptors (Lipinski definition) is 5. The molecule has 1 heterocycles. The topological polar surface area (TPSA) is 51.4 Å². The molecule has 154 valence electrons. The first-order valence-corrected chi connectivity index (χ1v) is 10.1. The Morgan fingerprint density at radius 3 is 2.38 bits per heavy atom. The van der Waals surface area contributed by atoms with Crippen LogP contribution in [-0.2, 0) is 17.8 Å². The molecule has 1 aliphatic carbocycles. The summed E-state index contributed by atoms with van der Waals surface area (Å²) in [5.41, 5.74) is 5.92. The number of rotatable bonds is 10. The molecule has 1 aromatic heterocycles. The van der Waals surface area contributed by atoms with Crippen molar-refractivity contribution in [1.82, 2.24) is 15.0 Å². The molecule has 0 N–H and O–H groups in total. The summed E-state index contributed by atoms with van der Waals surface area (Å²) in [7, 11) is 0. The Morgan fingerprint density at radius 1 is 1.17 bits per heavy atom. The number of allylic oxidation sites excluding steroid dienone is 2. The molecular weight excluding hydrogens is 362 g/mol. The first-order valence-electron chi connectivity index (χ1n) is 10.1. The van der Waals surface area contributed by atoms with Crippen molar-refractivity contribution in [3.05, 3.63) is 83.1 Å². The monoisotopic (exact) mass is 393 g/mol. The highest BCUT2D eigenvalue weighted by atomic mass is 16.5. The predicted molar refractivity (Wildman–Crippen MR) is 115 cm³/mol. The van der Waals surface area contributed by atoms with Crippen molar-refractivity contribution < 1.29 is 9.26 Å². The SMILES string of the molecule is C=C/C=C(\C=C)COC1(N(Cc2cc(C)c(C)c(C)c2)Cc2nc(C)no2)CC1. The number of aryl methyl sites for hydroxylation is 3. The summed E-state index contributed by atoms with van der Waals surface area (Å²) in [6, 6.07) is 4.52. The Labute approximate surface area is 173 Å². The van der Waals surface area contributed by atoms with Gasteiger partial charge in [0.15, 0.2) is 5.82 Å². The average molecular weight is 394 g/mol. The third-order valence-electron chi connectivity index (χ3n) is 5.61. The molecule has 0 atom stereocenters. The predicted octanol–water partition coefficient (Wildman–Crippen LogP) is 5.11. The van der Waals surface area contributed by atoms with Crippen LogP contribution in [0.4, 0.5) is 0 Å². The quantitative estimate of drug-likeness (QED) is 0.415. The minimum absolute atomic E-state index is 0.321. The van der Waals surface area contributed by atoms with Crippen LogP contribution in [0.25, 0.3) is 0 Å². The molecule has 0 bridgehead atoms. The molecule has 1 saturated carbocycles. The Balaban J connectivity index is 1.84. The van der Waals surface area contributed by atoms with Crippen LogP contribution in [0.3, 0.4) is 0 Å². The number of ether oxygens (including phenoxy) is 1. The number of nitrogens with zero attached hydrogens (tertiary/aromatic N) is 3. The first kappa shape index (κ1) is 21.2. The first-order chi connectivity index (χ1) is 13.9. The number of hydrogen-bond donors (Lipinski definition) is 0. The maximum absolute atomic E-state index is 6.39. The zero-order valence-electron chi connectivity index (χ0n) is 18.0. The van der Waals surface area contributed by atoms with Gasteiger partial charge in [-0.05, 0) is 68.4 Å². The van der Waals surface area contributed by atoms with Crippen LogP contribution >= 0.6 is 0 Å². The molecule has 1 aromatic carbocycles. The van der Waals surface area contributed by atoms with Gasteiger partial charge in [0, 0.05) is 6.54 Å². The van der Waals surface area contributed by atoms with E-state index >= 15 is 0 Å². The standard InChI is InChI=1S/C24H31N3O2/c1-7-9-21(8-2)16-28-24(10-11-24)27(15-23-25-20(6)26-29-23)14-22-12-17(3)19(5)18(4)13-22/h7-9,12-13H,1-2,10-11,14-16H2,3-6H3/b21-9+. The maximum Gasteiger partial charge on any atom is 0.240 e. The summed E-state index contributed by atoms with van der Waals surface area (Å²) < 4.78 is 11.8. The summed E-state index contributed by atoms with van der Waals surface area (Å²) in [5, 5.41) is 3.94. The second kappa shape index (κ2) is 8.89. The normalized spacial score (nSPS) is 15.6. The molecular formula is C24H31N3O2. The van der Waals surface area contributed by atoms with Crippen molar-refractivity contribution in [3.8, 4) is 0 Å². The van der Waals surface area contributed by atoms with Gasteiger partial charge in [0.25, 0.3) is 0 Å². The van der Waals surface area contributed by atoms with Crippen LogP contribution in [0.1, 0.15) is 46.8 Å². The van der Waals surface area contributed by atoms with Crippen molar-refractivity contribution in [2.75, 3.05) is 6.61 Å². The summed E-state index contributed by atoms with van der Waals surface area (Å²) in [6.07, 6.45) is 7.46. The van der Waals surface area contributed by atoms with Crippen LogP contribution in [-0.4, -0.2) is 27.4 Å². The average Bonchev–Trinajstić information content (AvgIpc) is 3.37. The Kier molecular flexibility index (Phi) is 6.50. The molecule has 5 nitrogen and oxygen atoms in total. The van der Waals surface area contributed by atoms with Crippen LogP contribution < -0.4 is 0 Å². The Morgan fingerprint density at radius 2 is 1.86 bits per heavy atom. The smallest absolute Gasteiger partial charge is 0.240 e. The van der Waals surface area contributed by atoms with Gasteiger partial charge < -0.3 is 9.26 Å². The minimum Gasteiger partial charge on any atom is -0.356 e. The van der Waals surface area contributed by atoms with Crippen LogP contribution in [0.2, 0.25) is 0 Å². The van der Waals surface area contributed by atoms with Gasteiger partial charge in [-0.2, -0.15) is 4.98 Å². The van der Waals surface area contributed by atoms with Crippen LogP contribution in [0, 0.1) is 27.7 Å². The van der Waals surface area contributed by atoms with Gasteiger partial charge in [-0.25, -0.2) is 0 Å². The lowest BCUT2D eigenvalue weighted by atomic mass is 10.0. The van der Waals surface area contributed by atoms with Gasteiger partial charge in [0.05, 0.1) is 13.2 Å². The van der Waals surface area contributed by atoms with E-state index in [4.69, 9.17) is 9.26 Å². The number of aromatic nitrogens is 2. The van der Waals surface area contributed by atoms with Gasteiger partial charge in [-0.3, -0.25) is 4.90 Å². The molecule has 0 aliphatic heterocycles. The van der Waals surface area contributed by atoms with Gasteiger partial charge in [0.2, 0.25) is 5.89 Å². The lowest BCUT2D eigenvalue weighted by Crippen LogP contribution is -2.39. The van der Waals surface area contributed by atoms with E-state index in [9.17, 15) is 0 Å². The van der Waals surface area contributed by atoms with E-state index in [1.165, 1.54) is 22.3 Å². The van der Waals surface area contributed by atoms with E-state index in [1.54, 1.807) is 6.08 Å². The summed E-state index contributed by atoms with van der Waals surface area (Å²) in [6.45, 7) is 17.8. The summed E-state index contributed by atoms with van der Waals surface area (Å²) in [5.74, 6) is 1.26. The third-order valence-corrected chi connectivity index (χ3v) is 5.61. The van der Waals surface area contributed by atoms with E-state index in [0.717, 1.165) is 25.0 Å². The molecule has 1 aliphatic rings. The highest BCUT2D eigenvalue weighted by Gasteiger charge is 2.50. The fourth-order valence-electron chi connectivity index (χ4n) is 3.55. The molecule has 0 amide bonds. The molecule has 0 radical (unpaired) electrons. The molecule has 0 unspecified atom stereocenters. The van der Waals surface area contributed by atoms with Crippen molar-refractivity contribution in [3.63, 3.8) is 0 Å². The second-order valence-corrected chi connectivity index (χ2v) is 7.86. The second-order valence-electron chi connectivity index (χ2n) is 7.86. The zero-order chi connectivity index (χ0) is 21.0. The molecule has 1 fully saturated rings. The largest absolute Gasteiger partial charge is 0.356 e. The lowest BCUT2D eigenvalue weighted by Gasteiger charge is -2.31. The van der Waals surface area contributed by atoms with Crippen molar-refractivity contribution in [2.45, 2.75) is 59.4 Å². The van der Waals surface area contributed by atoms with Crippen LogP contribution in [0.15, 0.2) is 53.6 Å². The van der Waals surface area contributed by atoms with Gasteiger partial charge in [-0.1, -0.05) is 48.7 Å². The molecule has 3 rings (SSSR count). The van der Waals surface area contributed by atoms with E-state index in [1.807, 2.05) is 19.1 Å². The highest BCUT2D eigenvalue weighted by molar-refractivity contribution is 5.37. The van der Waals surface area contributed by atoms with E-state index < -0.39 is 0 Å². The zero-order valence-corrected chi connectivity index (χ0v) is 18.0. The maximum atomic E-state index is 6.39. The van der Waals surface area contributed by atoms with E-state index in [-0.39, 0.29) is 5.72 Å². The lowest BCUT2D eigenvalue weighted by molar-refractivity contribution is -0.0867. The molecule has 0 spiro atoms. The van der Waals surface area contributed by atoms with Crippen LogP contribution in [0.5, 0.6) is 0 Å². The van der Waals surface area contributed by atoms with E-state index in [2.05, 4.69) is 61.1 Å². The van der Waals surface area contributed by atoms with Gasteiger partial charge >= 0.3 is 0 Å². The fourth-order valence-corrected chi connectivity index (χ4v) is 3.55. The van der Waals surface area contributed by atoms with Gasteiger partial charge in [-0.15, -0.1) is 0 Å². The molecule has 0 saturated heterocycles. The Hall–Kier alpha value is -2.50. The van der Waals surface area contributed by atoms with Crippen molar-refractivity contribution >= 4 is 0 Å². The van der Waals surface area contributed by atoms with Gasteiger partial charge in [0.1, 0.15) is 5.72 Å². The summed E-state index contributed by atoms with van der Waals surface area (Å²) >= 11 is 0. The number of benzene rings is 1. The molecule has 2 aromatic rings. The van der Waals surface area contributed by atoms with Crippen molar-refractivity contribution in [1.29, 1.82) is 0 Å². The molecule has 29 heavy (non-hydrogen) atoms. The third kappa shape index (κ3) is 5.11.